The predicted molar refractivity (Wildman–Crippen MR) is 87.8 cm³/mol. The number of H-pyrrole nitrogens is 1. The number of hydrogen-bond donors (Lipinski definition) is 2. The molecule has 0 spiro atoms. The van der Waals surface area contributed by atoms with E-state index in [1.807, 2.05) is 13.8 Å². The molecule has 0 unspecified atom stereocenters. The molecule has 130 valence electrons. The Balaban J connectivity index is 2.05. The number of nitrogens with one attached hydrogen (secondary N) is 2. The normalized spacial score (nSPS) is 11.7. The van der Waals surface area contributed by atoms with Gasteiger partial charge in [0.25, 0.3) is 0 Å². The molecule has 6 nitrogen and oxygen atoms in total. The van der Waals surface area contributed by atoms with Crippen LogP contribution in [0.25, 0.3) is 0 Å². The van der Waals surface area contributed by atoms with Gasteiger partial charge in [-0.05, 0) is 30.2 Å². The van der Waals surface area contributed by atoms with Crippen LogP contribution in [-0.4, -0.2) is 20.0 Å². The topological polar surface area (TPSA) is 88.3 Å². The Morgan fingerprint density at radius 3 is 2.50 bits per heavy atom. The molecule has 8 heteroatoms. The van der Waals surface area contributed by atoms with Crippen molar-refractivity contribution in [1.82, 2.24) is 9.71 Å². The summed E-state index contributed by atoms with van der Waals surface area (Å²) in [5.74, 6) is -0.0456. The first kappa shape index (κ1) is 18.2. The lowest BCUT2D eigenvalue weighted by Crippen LogP contribution is -2.24. The second kappa shape index (κ2) is 7.59. The number of ether oxygens (including phenoxy) is 1. The molecular formula is C16H19FN2O4S. The van der Waals surface area contributed by atoms with Gasteiger partial charge < -0.3 is 9.72 Å². The van der Waals surface area contributed by atoms with Crippen LogP contribution in [-0.2, 0) is 16.6 Å². The number of pyridine rings is 1. The highest BCUT2D eigenvalue weighted by Crippen LogP contribution is 2.10. The van der Waals surface area contributed by atoms with Gasteiger partial charge >= 0.3 is 0 Å². The van der Waals surface area contributed by atoms with Crippen LogP contribution in [0.15, 0.2) is 46.2 Å². The molecule has 24 heavy (non-hydrogen) atoms. The van der Waals surface area contributed by atoms with Crippen molar-refractivity contribution in [3.8, 4) is 5.75 Å². The maximum atomic E-state index is 12.9. The summed E-state index contributed by atoms with van der Waals surface area (Å²) in [7, 11) is -3.79. The third kappa shape index (κ3) is 4.90. The van der Waals surface area contributed by atoms with E-state index in [0.29, 0.717) is 12.3 Å². The second-order valence-electron chi connectivity index (χ2n) is 5.67. The van der Waals surface area contributed by atoms with Gasteiger partial charge in [0.05, 0.1) is 18.0 Å². The van der Waals surface area contributed by atoms with E-state index < -0.39 is 15.8 Å². The number of aromatic amines is 1. The van der Waals surface area contributed by atoms with Crippen molar-refractivity contribution in [2.24, 2.45) is 5.92 Å². The number of benzene rings is 1. The van der Waals surface area contributed by atoms with E-state index in [4.69, 9.17) is 4.74 Å². The average molecular weight is 354 g/mol. The molecule has 1 aromatic carbocycles. The molecule has 0 radical (unpaired) electrons. The predicted octanol–water partition coefficient (Wildman–Crippen LogP) is 2.03. The van der Waals surface area contributed by atoms with E-state index in [2.05, 4.69) is 9.71 Å². The SMILES string of the molecule is CC(C)COc1c[nH]c(CNS(=O)(=O)c2ccc(F)cc2)cc1=O. The molecule has 0 amide bonds. The average Bonchev–Trinajstić information content (AvgIpc) is 2.52. The number of halogens is 1. The molecule has 0 aliphatic carbocycles. The Morgan fingerprint density at radius 1 is 1.25 bits per heavy atom. The molecule has 0 fully saturated rings. The first-order chi connectivity index (χ1) is 11.3. The summed E-state index contributed by atoms with van der Waals surface area (Å²) in [6.07, 6.45) is 1.41. The number of aromatic nitrogens is 1. The van der Waals surface area contributed by atoms with Crippen LogP contribution in [0.3, 0.4) is 0 Å². The zero-order valence-electron chi connectivity index (χ0n) is 13.4. The Kier molecular flexibility index (Phi) is 5.74. The summed E-state index contributed by atoms with van der Waals surface area (Å²) < 4.78 is 44.8. The molecule has 0 atom stereocenters. The summed E-state index contributed by atoms with van der Waals surface area (Å²) in [5.41, 5.74) is 0.0629. The Labute approximate surface area is 139 Å². The maximum absolute atomic E-state index is 12.9. The zero-order chi connectivity index (χ0) is 17.7. The zero-order valence-corrected chi connectivity index (χ0v) is 14.2. The fourth-order valence-electron chi connectivity index (χ4n) is 1.84. The minimum atomic E-state index is -3.79. The van der Waals surface area contributed by atoms with Crippen LogP contribution < -0.4 is 14.9 Å². The third-order valence-electron chi connectivity index (χ3n) is 3.09. The molecule has 1 aromatic heterocycles. The summed E-state index contributed by atoms with van der Waals surface area (Å²) >= 11 is 0. The summed E-state index contributed by atoms with van der Waals surface area (Å²) in [6.45, 7) is 4.25. The van der Waals surface area contributed by atoms with Crippen LogP contribution in [0.2, 0.25) is 0 Å². The molecular weight excluding hydrogens is 335 g/mol. The molecule has 0 bridgehead atoms. The van der Waals surface area contributed by atoms with Gasteiger partial charge in [-0.3, -0.25) is 4.79 Å². The number of rotatable bonds is 7. The fourth-order valence-corrected chi connectivity index (χ4v) is 2.85. The Bertz CT molecular complexity index is 845. The van der Waals surface area contributed by atoms with Crippen molar-refractivity contribution in [2.75, 3.05) is 6.61 Å². The first-order valence-corrected chi connectivity index (χ1v) is 8.86. The van der Waals surface area contributed by atoms with Crippen LogP contribution in [0.1, 0.15) is 19.5 Å². The standard InChI is InChI=1S/C16H19FN2O4S/c1-11(2)10-23-16-9-18-13(7-15(16)20)8-19-24(21,22)14-5-3-12(17)4-6-14/h3-7,9,11,19H,8,10H2,1-2H3,(H,18,20). The largest absolute Gasteiger partial charge is 0.488 e. The highest BCUT2D eigenvalue weighted by atomic mass is 32.2. The minimum Gasteiger partial charge on any atom is -0.488 e. The van der Waals surface area contributed by atoms with E-state index in [-0.39, 0.29) is 28.5 Å². The van der Waals surface area contributed by atoms with Crippen molar-refractivity contribution < 1.29 is 17.5 Å². The third-order valence-corrected chi connectivity index (χ3v) is 4.50. The van der Waals surface area contributed by atoms with E-state index in [9.17, 15) is 17.6 Å². The van der Waals surface area contributed by atoms with Crippen LogP contribution in [0, 0.1) is 11.7 Å². The maximum Gasteiger partial charge on any atom is 0.240 e. The lowest BCUT2D eigenvalue weighted by Gasteiger charge is -2.09. The molecule has 0 saturated heterocycles. The Morgan fingerprint density at radius 2 is 1.92 bits per heavy atom. The number of hydrogen-bond acceptors (Lipinski definition) is 4. The van der Waals surface area contributed by atoms with Gasteiger partial charge in [0.15, 0.2) is 5.75 Å². The summed E-state index contributed by atoms with van der Waals surface area (Å²) in [4.78, 5) is 14.7. The van der Waals surface area contributed by atoms with Gasteiger partial charge in [0.1, 0.15) is 5.82 Å². The van der Waals surface area contributed by atoms with E-state index in [1.54, 1.807) is 0 Å². The molecule has 1 heterocycles. The lowest BCUT2D eigenvalue weighted by atomic mass is 10.2. The van der Waals surface area contributed by atoms with Crippen LogP contribution in [0.4, 0.5) is 4.39 Å². The van der Waals surface area contributed by atoms with Gasteiger partial charge in [-0.1, -0.05) is 13.8 Å². The Hall–Kier alpha value is -2.19. The van der Waals surface area contributed by atoms with Gasteiger partial charge in [-0.2, -0.15) is 0 Å². The monoisotopic (exact) mass is 354 g/mol. The van der Waals surface area contributed by atoms with Crippen molar-refractivity contribution >= 4 is 10.0 Å². The number of sulfonamides is 1. The summed E-state index contributed by atoms with van der Waals surface area (Å²) in [6, 6.07) is 5.75. The van der Waals surface area contributed by atoms with Crippen molar-refractivity contribution in [3.05, 3.63) is 58.3 Å². The molecule has 2 N–H and O–H groups in total. The highest BCUT2D eigenvalue weighted by Gasteiger charge is 2.14. The minimum absolute atomic E-state index is 0.0527. The van der Waals surface area contributed by atoms with Crippen molar-refractivity contribution in [1.29, 1.82) is 0 Å². The van der Waals surface area contributed by atoms with E-state index in [1.165, 1.54) is 24.4 Å². The van der Waals surface area contributed by atoms with Crippen LogP contribution in [0.5, 0.6) is 5.75 Å². The molecule has 2 rings (SSSR count). The fraction of sp³-hybridized carbons (Fsp3) is 0.312. The van der Waals surface area contributed by atoms with Crippen LogP contribution >= 0.6 is 0 Å². The molecule has 2 aromatic rings. The highest BCUT2D eigenvalue weighted by molar-refractivity contribution is 7.89. The second-order valence-corrected chi connectivity index (χ2v) is 7.44. The van der Waals surface area contributed by atoms with Gasteiger partial charge in [0, 0.05) is 18.0 Å². The first-order valence-electron chi connectivity index (χ1n) is 7.37. The summed E-state index contributed by atoms with van der Waals surface area (Å²) in [5, 5.41) is 0. The lowest BCUT2D eigenvalue weighted by molar-refractivity contribution is 0.267. The molecule has 0 aliphatic heterocycles. The molecule has 0 aliphatic rings. The van der Waals surface area contributed by atoms with Gasteiger partial charge in [-0.25, -0.2) is 17.5 Å². The van der Waals surface area contributed by atoms with Gasteiger partial charge in [0.2, 0.25) is 15.5 Å². The van der Waals surface area contributed by atoms with E-state index >= 15 is 0 Å². The van der Waals surface area contributed by atoms with Gasteiger partial charge in [-0.15, -0.1) is 0 Å². The smallest absolute Gasteiger partial charge is 0.240 e. The quantitative estimate of drug-likeness (QED) is 0.796. The molecule has 0 saturated carbocycles. The van der Waals surface area contributed by atoms with Crippen molar-refractivity contribution in [2.45, 2.75) is 25.3 Å². The van der Waals surface area contributed by atoms with E-state index in [0.717, 1.165) is 12.1 Å². The van der Waals surface area contributed by atoms with Crippen molar-refractivity contribution in [3.63, 3.8) is 0 Å².